The van der Waals surface area contributed by atoms with E-state index in [1.165, 1.54) is 6.08 Å². The van der Waals surface area contributed by atoms with Crippen LogP contribution in [0.25, 0.3) is 0 Å². The van der Waals surface area contributed by atoms with Crippen molar-refractivity contribution in [2.75, 3.05) is 5.32 Å². The third-order valence-corrected chi connectivity index (χ3v) is 4.33. The summed E-state index contributed by atoms with van der Waals surface area (Å²) in [7, 11) is 1.88. The molecular weight excluding hydrogens is 362 g/mol. The van der Waals surface area contributed by atoms with Crippen molar-refractivity contribution in [1.29, 1.82) is 0 Å². The second kappa shape index (κ2) is 8.60. The van der Waals surface area contributed by atoms with E-state index in [0.717, 1.165) is 34.8 Å². The van der Waals surface area contributed by atoms with E-state index in [1.54, 1.807) is 17.1 Å². The summed E-state index contributed by atoms with van der Waals surface area (Å²) in [5.41, 5.74) is 3.69. The summed E-state index contributed by atoms with van der Waals surface area (Å²) < 4.78 is 1.75. The van der Waals surface area contributed by atoms with Crippen molar-refractivity contribution in [3.8, 4) is 0 Å². The zero-order valence-electron chi connectivity index (χ0n) is 15.0. The molecule has 1 amide bonds. The first-order chi connectivity index (χ1) is 13.0. The minimum Gasteiger partial charge on any atom is -0.323 e. The molecule has 0 spiro atoms. The van der Waals surface area contributed by atoms with Gasteiger partial charge in [0.2, 0.25) is 5.91 Å². The van der Waals surface area contributed by atoms with Gasteiger partial charge in [0.1, 0.15) is 5.82 Å². The number of aromatic nitrogens is 4. The van der Waals surface area contributed by atoms with E-state index in [2.05, 4.69) is 27.0 Å². The van der Waals surface area contributed by atoms with Crippen molar-refractivity contribution in [1.82, 2.24) is 19.7 Å². The van der Waals surface area contributed by atoms with Crippen molar-refractivity contribution in [3.63, 3.8) is 0 Å². The third kappa shape index (κ3) is 5.24. The van der Waals surface area contributed by atoms with E-state index in [1.807, 2.05) is 37.5 Å². The van der Waals surface area contributed by atoms with Crippen molar-refractivity contribution in [2.45, 2.75) is 19.3 Å². The fourth-order valence-corrected chi connectivity index (χ4v) is 2.90. The van der Waals surface area contributed by atoms with Crippen LogP contribution in [0.2, 0.25) is 5.02 Å². The Labute approximate surface area is 162 Å². The largest absolute Gasteiger partial charge is 0.323 e. The second-order valence-corrected chi connectivity index (χ2v) is 6.58. The summed E-state index contributed by atoms with van der Waals surface area (Å²) in [4.78, 5) is 20.4. The summed E-state index contributed by atoms with van der Waals surface area (Å²) in [5, 5.41) is 7.48. The van der Waals surface area contributed by atoms with E-state index < -0.39 is 0 Å². The lowest BCUT2D eigenvalue weighted by Crippen LogP contribution is -2.07. The highest BCUT2D eigenvalue weighted by atomic mass is 35.5. The van der Waals surface area contributed by atoms with Crippen LogP contribution in [0.15, 0.2) is 55.5 Å². The molecule has 0 aliphatic carbocycles. The molecule has 0 fully saturated rings. The predicted octanol–water partition coefficient (Wildman–Crippen LogP) is 3.36. The molecule has 6 nitrogen and oxygen atoms in total. The maximum atomic E-state index is 11.4. The van der Waals surface area contributed by atoms with Crippen LogP contribution in [-0.2, 0) is 31.1 Å². The van der Waals surface area contributed by atoms with Gasteiger partial charge in [0.05, 0.1) is 16.9 Å². The number of nitrogens with zero attached hydrogens (tertiary/aromatic N) is 4. The van der Waals surface area contributed by atoms with Gasteiger partial charge in [-0.3, -0.25) is 9.48 Å². The average molecular weight is 382 g/mol. The van der Waals surface area contributed by atoms with Gasteiger partial charge in [-0.25, -0.2) is 9.97 Å². The third-order valence-electron chi connectivity index (χ3n) is 4.02. The lowest BCUT2D eigenvalue weighted by molar-refractivity contribution is -0.111. The molecule has 0 saturated carbocycles. The van der Waals surface area contributed by atoms with Crippen molar-refractivity contribution < 1.29 is 4.79 Å². The lowest BCUT2D eigenvalue weighted by atomic mass is 10.1. The molecule has 0 atom stereocenters. The monoisotopic (exact) mass is 381 g/mol. The molecule has 1 aromatic carbocycles. The smallest absolute Gasteiger partial charge is 0.247 e. The van der Waals surface area contributed by atoms with Crippen LogP contribution in [0.4, 0.5) is 5.69 Å². The molecular formula is C20H20ClN5O. The minimum absolute atomic E-state index is 0.231. The molecule has 27 heavy (non-hydrogen) atoms. The number of hydrogen-bond acceptors (Lipinski definition) is 4. The SMILES string of the molecule is C=CC(=O)Nc1cccc(CCc2nc(Cc3cnn(C)c3)ncc2Cl)c1. The summed E-state index contributed by atoms with van der Waals surface area (Å²) in [6.07, 6.45) is 8.69. The number of amides is 1. The number of benzene rings is 1. The van der Waals surface area contributed by atoms with Crippen LogP contribution in [0.1, 0.15) is 22.6 Å². The molecule has 2 heterocycles. The number of rotatable bonds is 7. The van der Waals surface area contributed by atoms with Gasteiger partial charge in [-0.15, -0.1) is 0 Å². The maximum absolute atomic E-state index is 11.4. The summed E-state index contributed by atoms with van der Waals surface area (Å²) in [6.45, 7) is 3.46. The van der Waals surface area contributed by atoms with E-state index in [9.17, 15) is 4.79 Å². The van der Waals surface area contributed by atoms with Gasteiger partial charge in [-0.1, -0.05) is 30.3 Å². The number of carbonyl (C=O) groups is 1. The minimum atomic E-state index is -0.231. The standard InChI is InChI=1S/C20H20ClN5O/c1-3-20(27)24-16-6-4-5-14(9-16)7-8-18-17(21)12-22-19(25-18)10-15-11-23-26(2)13-15/h3-6,9,11-13H,1,7-8,10H2,2H3,(H,24,27). The molecule has 0 aliphatic heterocycles. The highest BCUT2D eigenvalue weighted by Crippen LogP contribution is 2.18. The molecule has 0 saturated heterocycles. The van der Waals surface area contributed by atoms with Gasteiger partial charge in [0.15, 0.2) is 0 Å². The zero-order valence-corrected chi connectivity index (χ0v) is 15.8. The molecule has 3 aromatic rings. The van der Waals surface area contributed by atoms with Crippen LogP contribution < -0.4 is 5.32 Å². The summed E-state index contributed by atoms with van der Waals surface area (Å²) in [5.74, 6) is 0.487. The van der Waals surface area contributed by atoms with Crippen molar-refractivity contribution >= 4 is 23.2 Å². The molecule has 1 N–H and O–H groups in total. The van der Waals surface area contributed by atoms with Crippen LogP contribution in [0, 0.1) is 0 Å². The van der Waals surface area contributed by atoms with Crippen molar-refractivity contribution in [3.05, 3.63) is 83.2 Å². The number of hydrogen-bond donors (Lipinski definition) is 1. The van der Waals surface area contributed by atoms with Crippen LogP contribution >= 0.6 is 11.6 Å². The number of halogens is 1. The Bertz CT molecular complexity index is 967. The van der Waals surface area contributed by atoms with Gasteiger partial charge in [-0.2, -0.15) is 5.10 Å². The predicted molar refractivity (Wildman–Crippen MR) is 106 cm³/mol. The Morgan fingerprint density at radius 1 is 1.30 bits per heavy atom. The molecule has 3 rings (SSSR count). The highest BCUT2D eigenvalue weighted by Gasteiger charge is 2.08. The first-order valence-corrected chi connectivity index (χ1v) is 8.91. The van der Waals surface area contributed by atoms with E-state index >= 15 is 0 Å². The number of aryl methyl sites for hydroxylation is 3. The number of anilines is 1. The molecule has 138 valence electrons. The number of carbonyl (C=O) groups excluding carboxylic acids is 1. The molecule has 0 aliphatic rings. The summed E-state index contributed by atoms with van der Waals surface area (Å²) in [6, 6.07) is 7.69. The Hall–Kier alpha value is -2.99. The van der Waals surface area contributed by atoms with Crippen LogP contribution in [0.3, 0.4) is 0 Å². The zero-order chi connectivity index (χ0) is 19.2. The Kier molecular flexibility index (Phi) is 5.98. The molecule has 2 aromatic heterocycles. The summed E-state index contributed by atoms with van der Waals surface area (Å²) >= 11 is 6.28. The average Bonchev–Trinajstić information content (AvgIpc) is 3.07. The topological polar surface area (TPSA) is 72.7 Å². The fraction of sp³-hybridized carbons (Fsp3) is 0.200. The Balaban J connectivity index is 1.68. The van der Waals surface area contributed by atoms with E-state index in [-0.39, 0.29) is 5.91 Å². The van der Waals surface area contributed by atoms with Crippen molar-refractivity contribution in [2.24, 2.45) is 7.05 Å². The molecule has 0 unspecified atom stereocenters. The van der Waals surface area contributed by atoms with E-state index in [4.69, 9.17) is 11.6 Å². The van der Waals surface area contributed by atoms with Crippen LogP contribution in [0.5, 0.6) is 0 Å². The Morgan fingerprint density at radius 2 is 2.15 bits per heavy atom. The maximum Gasteiger partial charge on any atom is 0.247 e. The van der Waals surface area contributed by atoms with Gasteiger partial charge in [0, 0.05) is 31.5 Å². The Morgan fingerprint density at radius 3 is 2.89 bits per heavy atom. The molecule has 0 bridgehead atoms. The van der Waals surface area contributed by atoms with Gasteiger partial charge in [-0.05, 0) is 42.2 Å². The first-order valence-electron chi connectivity index (χ1n) is 8.53. The first kappa shape index (κ1) is 18.8. The van der Waals surface area contributed by atoms with Crippen LogP contribution in [-0.4, -0.2) is 25.7 Å². The lowest BCUT2D eigenvalue weighted by Gasteiger charge is -2.08. The fourth-order valence-electron chi connectivity index (χ4n) is 2.71. The van der Waals surface area contributed by atoms with Gasteiger partial charge >= 0.3 is 0 Å². The van der Waals surface area contributed by atoms with Gasteiger partial charge < -0.3 is 5.32 Å². The molecule has 7 heteroatoms. The highest BCUT2D eigenvalue weighted by molar-refractivity contribution is 6.31. The number of nitrogens with one attached hydrogen (secondary N) is 1. The van der Waals surface area contributed by atoms with Gasteiger partial charge in [0.25, 0.3) is 0 Å². The quantitative estimate of drug-likeness (QED) is 0.637. The second-order valence-electron chi connectivity index (χ2n) is 6.17. The normalized spacial score (nSPS) is 10.6. The van der Waals surface area contributed by atoms with E-state index in [0.29, 0.717) is 17.9 Å². The molecule has 0 radical (unpaired) electrons.